The summed E-state index contributed by atoms with van der Waals surface area (Å²) in [5.41, 5.74) is 1.78. The lowest BCUT2D eigenvalue weighted by Crippen LogP contribution is -2.61. The minimum absolute atomic E-state index is 0.192. The zero-order chi connectivity index (χ0) is 16.1. The zero-order valence-electron chi connectivity index (χ0n) is 13.4. The summed E-state index contributed by atoms with van der Waals surface area (Å²) in [4.78, 5) is 22.0. The molecule has 0 aromatic carbocycles. The van der Waals surface area contributed by atoms with Gasteiger partial charge in [0.1, 0.15) is 5.60 Å². The Balaban J connectivity index is 1.42. The molecular weight excluding hydrogens is 322 g/mol. The normalized spacial score (nSPS) is 31.7. The van der Waals surface area contributed by atoms with E-state index in [4.69, 9.17) is 4.74 Å². The van der Waals surface area contributed by atoms with Crippen LogP contribution in [0.2, 0.25) is 0 Å². The minimum Gasteiger partial charge on any atom is -0.439 e. The van der Waals surface area contributed by atoms with Crippen LogP contribution in [0.4, 0.5) is 10.5 Å². The van der Waals surface area contributed by atoms with Crippen LogP contribution in [0.1, 0.15) is 12.8 Å². The number of carbonyl (C=O) groups is 1. The maximum atomic E-state index is 12.6. The number of aromatic nitrogens is 1. The molecule has 6 heteroatoms. The van der Waals surface area contributed by atoms with Gasteiger partial charge in [-0.25, -0.2) is 4.79 Å². The third-order valence-corrected chi connectivity index (χ3v) is 6.59. The Bertz CT molecular complexity index is 770. The Kier molecular flexibility index (Phi) is 3.18. The van der Waals surface area contributed by atoms with E-state index in [-0.39, 0.29) is 11.7 Å². The Morgan fingerprint density at radius 2 is 2.00 bits per heavy atom. The quantitative estimate of drug-likeness (QED) is 0.841. The molecule has 6 heterocycles. The first-order valence-corrected chi connectivity index (χ1v) is 9.33. The van der Waals surface area contributed by atoms with Gasteiger partial charge in [0.2, 0.25) is 0 Å². The van der Waals surface area contributed by atoms with Gasteiger partial charge < -0.3 is 4.74 Å². The number of thiophene rings is 1. The molecule has 1 unspecified atom stereocenters. The summed E-state index contributed by atoms with van der Waals surface area (Å²) < 4.78 is 5.95. The standard InChI is InChI=1S/C18H19N3O2S/c22-17-21(12-18(23-17)11-20-7-3-14(18)4-8-20)15-9-16(24-10-15)13-1-5-19-6-2-13/h1-2,5-6,9-10,14H,3-4,7-8,11-12H2. The predicted octanol–water partition coefficient (Wildman–Crippen LogP) is 3.23. The van der Waals surface area contributed by atoms with Gasteiger partial charge in [0.15, 0.2) is 0 Å². The molecule has 2 bridgehead atoms. The number of ether oxygens (including phenoxy) is 1. The third-order valence-electron chi connectivity index (χ3n) is 5.62. The van der Waals surface area contributed by atoms with Crippen molar-refractivity contribution in [3.05, 3.63) is 36.0 Å². The molecule has 124 valence electrons. The molecule has 1 spiro atoms. The molecule has 4 aliphatic rings. The van der Waals surface area contributed by atoms with E-state index in [1.54, 1.807) is 23.7 Å². The van der Waals surface area contributed by atoms with Crippen molar-refractivity contribution in [2.24, 2.45) is 5.92 Å². The van der Waals surface area contributed by atoms with E-state index in [9.17, 15) is 4.79 Å². The van der Waals surface area contributed by atoms with Crippen molar-refractivity contribution >= 4 is 23.1 Å². The van der Waals surface area contributed by atoms with Crippen LogP contribution in [0.25, 0.3) is 10.4 Å². The van der Waals surface area contributed by atoms with Crippen molar-refractivity contribution in [1.29, 1.82) is 0 Å². The van der Waals surface area contributed by atoms with Gasteiger partial charge in [-0.05, 0) is 49.7 Å². The maximum absolute atomic E-state index is 12.6. The van der Waals surface area contributed by atoms with Crippen LogP contribution >= 0.6 is 11.3 Å². The van der Waals surface area contributed by atoms with Gasteiger partial charge in [0.25, 0.3) is 0 Å². The van der Waals surface area contributed by atoms with E-state index >= 15 is 0 Å². The molecule has 6 rings (SSSR count). The van der Waals surface area contributed by atoms with Crippen molar-refractivity contribution in [3.63, 3.8) is 0 Å². The van der Waals surface area contributed by atoms with E-state index < -0.39 is 0 Å². The molecule has 0 N–H and O–H groups in total. The van der Waals surface area contributed by atoms with Crippen LogP contribution in [-0.4, -0.2) is 47.8 Å². The number of nitrogens with zero attached hydrogens (tertiary/aromatic N) is 3. The fraction of sp³-hybridized carbons (Fsp3) is 0.444. The first kappa shape index (κ1) is 14.4. The molecule has 1 amide bonds. The number of rotatable bonds is 2. The summed E-state index contributed by atoms with van der Waals surface area (Å²) in [6.45, 7) is 3.87. The van der Waals surface area contributed by atoms with Crippen molar-refractivity contribution in [2.45, 2.75) is 18.4 Å². The Morgan fingerprint density at radius 3 is 2.71 bits per heavy atom. The van der Waals surface area contributed by atoms with Crippen molar-refractivity contribution in [1.82, 2.24) is 9.88 Å². The average molecular weight is 341 g/mol. The number of hydrogen-bond acceptors (Lipinski definition) is 5. The second-order valence-corrected chi connectivity index (χ2v) is 7.89. The first-order valence-electron chi connectivity index (χ1n) is 8.45. The molecule has 4 saturated heterocycles. The number of amides is 1. The van der Waals surface area contributed by atoms with Crippen LogP contribution in [-0.2, 0) is 4.74 Å². The summed E-state index contributed by atoms with van der Waals surface area (Å²) in [5, 5.41) is 2.05. The molecule has 4 fully saturated rings. The summed E-state index contributed by atoms with van der Waals surface area (Å²) in [6.07, 6.45) is 5.69. The molecule has 24 heavy (non-hydrogen) atoms. The number of hydrogen-bond donors (Lipinski definition) is 0. The van der Waals surface area contributed by atoms with Gasteiger partial charge in [0.05, 0.1) is 12.2 Å². The number of carbonyl (C=O) groups excluding carboxylic acids is 1. The second-order valence-electron chi connectivity index (χ2n) is 6.97. The lowest BCUT2D eigenvalue weighted by atomic mass is 9.75. The Hall–Kier alpha value is -1.92. The molecule has 2 aromatic rings. The van der Waals surface area contributed by atoms with Crippen molar-refractivity contribution in [3.8, 4) is 10.4 Å². The summed E-state index contributed by atoms with van der Waals surface area (Å²) in [7, 11) is 0. The third kappa shape index (κ3) is 2.17. The zero-order valence-corrected chi connectivity index (χ0v) is 14.2. The molecular formula is C18H19N3O2S. The monoisotopic (exact) mass is 341 g/mol. The van der Waals surface area contributed by atoms with Gasteiger partial charge in [-0.2, -0.15) is 0 Å². The molecule has 0 aliphatic carbocycles. The van der Waals surface area contributed by atoms with E-state index in [1.165, 1.54) is 0 Å². The topological polar surface area (TPSA) is 45.7 Å². The highest BCUT2D eigenvalue weighted by atomic mass is 32.1. The van der Waals surface area contributed by atoms with Gasteiger partial charge in [-0.3, -0.25) is 14.8 Å². The first-order chi connectivity index (χ1) is 11.7. The number of anilines is 1. The Labute approximate surface area is 144 Å². The minimum atomic E-state index is -0.299. The Morgan fingerprint density at radius 1 is 1.21 bits per heavy atom. The molecule has 4 aliphatic heterocycles. The van der Waals surface area contributed by atoms with E-state index in [1.807, 2.05) is 17.0 Å². The van der Waals surface area contributed by atoms with Crippen LogP contribution in [0.15, 0.2) is 36.0 Å². The molecule has 2 aromatic heterocycles. The van der Waals surface area contributed by atoms with Gasteiger partial charge in [-0.15, -0.1) is 11.3 Å². The fourth-order valence-electron chi connectivity index (χ4n) is 4.34. The lowest BCUT2D eigenvalue weighted by molar-refractivity contribution is -0.0881. The highest BCUT2D eigenvalue weighted by molar-refractivity contribution is 7.14. The van der Waals surface area contributed by atoms with Crippen LogP contribution in [0, 0.1) is 5.92 Å². The van der Waals surface area contributed by atoms with Crippen molar-refractivity contribution < 1.29 is 9.53 Å². The van der Waals surface area contributed by atoms with E-state index in [0.29, 0.717) is 12.5 Å². The molecule has 5 nitrogen and oxygen atoms in total. The highest BCUT2D eigenvalue weighted by Crippen LogP contribution is 2.44. The SMILES string of the molecule is O=C1OC2(CN3CCC2CC3)CN1c1csc(-c2ccncc2)c1. The second kappa shape index (κ2) is 5.29. The number of pyridine rings is 1. The number of piperidine rings is 3. The predicted molar refractivity (Wildman–Crippen MR) is 93.3 cm³/mol. The van der Waals surface area contributed by atoms with Crippen LogP contribution in [0.5, 0.6) is 0 Å². The van der Waals surface area contributed by atoms with Crippen LogP contribution < -0.4 is 4.90 Å². The molecule has 0 saturated carbocycles. The molecule has 0 radical (unpaired) electrons. The fourth-order valence-corrected chi connectivity index (χ4v) is 5.25. The van der Waals surface area contributed by atoms with Gasteiger partial charge >= 0.3 is 6.09 Å². The van der Waals surface area contributed by atoms with E-state index in [0.717, 1.165) is 48.6 Å². The lowest BCUT2D eigenvalue weighted by Gasteiger charge is -2.49. The largest absolute Gasteiger partial charge is 0.439 e. The number of fused-ring (bicyclic) bond motifs is 2. The maximum Gasteiger partial charge on any atom is 0.415 e. The summed E-state index contributed by atoms with van der Waals surface area (Å²) >= 11 is 1.65. The smallest absolute Gasteiger partial charge is 0.415 e. The van der Waals surface area contributed by atoms with Crippen LogP contribution in [0.3, 0.4) is 0 Å². The summed E-state index contributed by atoms with van der Waals surface area (Å²) in [6, 6.07) is 6.07. The average Bonchev–Trinajstić information content (AvgIpc) is 3.22. The molecule has 1 atom stereocenters. The summed E-state index contributed by atoms with van der Waals surface area (Å²) in [5.74, 6) is 0.509. The van der Waals surface area contributed by atoms with Gasteiger partial charge in [-0.1, -0.05) is 0 Å². The van der Waals surface area contributed by atoms with Gasteiger partial charge in [0, 0.05) is 35.1 Å². The van der Waals surface area contributed by atoms with E-state index in [2.05, 4.69) is 21.3 Å². The highest BCUT2D eigenvalue weighted by Gasteiger charge is 2.55. The van der Waals surface area contributed by atoms with Crippen molar-refractivity contribution in [2.75, 3.05) is 31.1 Å².